The second kappa shape index (κ2) is 7.38. The van der Waals surface area contributed by atoms with Crippen molar-refractivity contribution < 1.29 is 9.53 Å². The van der Waals surface area contributed by atoms with Gasteiger partial charge in [0, 0.05) is 20.1 Å². The predicted molar refractivity (Wildman–Crippen MR) is 97.7 cm³/mol. The molecule has 0 aromatic heterocycles. The Balaban J connectivity index is 1.93. The number of benzene rings is 1. The number of hydrogen-bond donors (Lipinski definition) is 3. The van der Waals surface area contributed by atoms with E-state index in [-0.39, 0.29) is 0 Å². The van der Waals surface area contributed by atoms with Gasteiger partial charge in [-0.15, -0.1) is 0 Å². The first-order valence-corrected chi connectivity index (χ1v) is 8.01. The number of hydrogen-bond acceptors (Lipinski definition) is 6. The van der Waals surface area contributed by atoms with E-state index in [4.69, 9.17) is 4.74 Å². The van der Waals surface area contributed by atoms with E-state index < -0.39 is 22.6 Å². The molecular weight excluding hydrogens is 322 g/mol. The van der Waals surface area contributed by atoms with Gasteiger partial charge in [-0.05, 0) is 31.9 Å². The van der Waals surface area contributed by atoms with Crippen molar-refractivity contribution in [2.75, 3.05) is 17.7 Å². The maximum atomic E-state index is 11.7. The number of carbonyl (C=O) groups is 1. The summed E-state index contributed by atoms with van der Waals surface area (Å²) in [6.07, 6.45) is -0.474. The number of anilines is 2. The average Bonchev–Trinajstić information content (AvgIpc) is 2.54. The summed E-state index contributed by atoms with van der Waals surface area (Å²) in [5.74, 6) is 0. The summed E-state index contributed by atoms with van der Waals surface area (Å²) in [7, 11) is 1.60. The van der Waals surface area contributed by atoms with Crippen molar-refractivity contribution in [3.63, 3.8) is 0 Å². The van der Waals surface area contributed by atoms with Crippen molar-refractivity contribution in [2.24, 2.45) is 0 Å². The van der Waals surface area contributed by atoms with Crippen molar-refractivity contribution in [3.8, 4) is 0 Å². The van der Waals surface area contributed by atoms with E-state index in [9.17, 15) is 14.4 Å². The highest BCUT2D eigenvalue weighted by molar-refractivity contribution is 5.73. The standard InChI is InChI=1S/C18H23N3O4/c1-18(2,3)25-17(24)21-10-12-7-5-6-11(8-12)9-20-14-13(19-4)15(22)16(14)23/h5-8,19-20H,9-10H2,1-4H3,(H,21,24). The third kappa shape index (κ3) is 4.82. The maximum absolute atomic E-state index is 11.7. The summed E-state index contributed by atoms with van der Waals surface area (Å²) >= 11 is 0. The summed E-state index contributed by atoms with van der Waals surface area (Å²) < 4.78 is 5.19. The Hall–Kier alpha value is -2.83. The molecule has 0 aliphatic heterocycles. The normalized spacial score (nSPS) is 11.2. The molecule has 2 rings (SSSR count). The van der Waals surface area contributed by atoms with Gasteiger partial charge < -0.3 is 20.7 Å². The molecular formula is C18H23N3O4. The number of carbonyl (C=O) groups excluding carboxylic acids is 1. The van der Waals surface area contributed by atoms with Crippen molar-refractivity contribution >= 4 is 17.5 Å². The molecule has 7 nitrogen and oxygen atoms in total. The van der Waals surface area contributed by atoms with E-state index in [2.05, 4.69) is 16.0 Å². The summed E-state index contributed by atoms with van der Waals surface area (Å²) in [4.78, 5) is 34.6. The van der Waals surface area contributed by atoms with Gasteiger partial charge in [0.2, 0.25) is 0 Å². The van der Waals surface area contributed by atoms with Crippen LogP contribution in [0.4, 0.5) is 16.2 Å². The van der Waals surface area contributed by atoms with Crippen LogP contribution in [0.5, 0.6) is 0 Å². The Labute approximate surface area is 146 Å². The highest BCUT2D eigenvalue weighted by Crippen LogP contribution is 2.15. The molecule has 134 valence electrons. The van der Waals surface area contributed by atoms with Gasteiger partial charge in [0.25, 0.3) is 10.9 Å². The van der Waals surface area contributed by atoms with Crippen LogP contribution in [0.25, 0.3) is 0 Å². The first-order chi connectivity index (χ1) is 11.7. The molecule has 0 saturated heterocycles. The number of ether oxygens (including phenoxy) is 1. The van der Waals surface area contributed by atoms with Gasteiger partial charge in [-0.25, -0.2) is 4.79 Å². The maximum Gasteiger partial charge on any atom is 0.407 e. The highest BCUT2D eigenvalue weighted by atomic mass is 16.6. The summed E-state index contributed by atoms with van der Waals surface area (Å²) in [6.45, 7) is 6.16. The van der Waals surface area contributed by atoms with Crippen LogP contribution >= 0.6 is 0 Å². The predicted octanol–water partition coefficient (Wildman–Crippen LogP) is 1.96. The Morgan fingerprint density at radius 1 is 1.04 bits per heavy atom. The number of rotatable bonds is 6. The van der Waals surface area contributed by atoms with Gasteiger partial charge >= 0.3 is 6.09 Å². The van der Waals surface area contributed by atoms with Crippen LogP contribution in [0.3, 0.4) is 0 Å². The van der Waals surface area contributed by atoms with Crippen LogP contribution in [0.1, 0.15) is 31.9 Å². The van der Waals surface area contributed by atoms with Crippen LogP contribution in [0, 0.1) is 0 Å². The third-order valence-electron chi connectivity index (χ3n) is 3.46. The molecule has 2 aromatic rings. The highest BCUT2D eigenvalue weighted by Gasteiger charge is 2.19. The van der Waals surface area contributed by atoms with Crippen LogP contribution < -0.4 is 26.8 Å². The fourth-order valence-corrected chi connectivity index (χ4v) is 2.33. The van der Waals surface area contributed by atoms with E-state index in [0.717, 1.165) is 11.1 Å². The second-order valence-electron chi connectivity index (χ2n) is 6.69. The minimum Gasteiger partial charge on any atom is -0.444 e. The topological polar surface area (TPSA) is 96.5 Å². The van der Waals surface area contributed by atoms with Crippen LogP contribution in [-0.4, -0.2) is 18.7 Å². The van der Waals surface area contributed by atoms with E-state index in [1.165, 1.54) is 0 Å². The smallest absolute Gasteiger partial charge is 0.407 e. The molecule has 3 N–H and O–H groups in total. The summed E-state index contributed by atoms with van der Waals surface area (Å²) in [5, 5.41) is 8.39. The first-order valence-electron chi connectivity index (χ1n) is 8.01. The van der Waals surface area contributed by atoms with Crippen LogP contribution in [0.15, 0.2) is 33.9 Å². The molecule has 25 heavy (non-hydrogen) atoms. The summed E-state index contributed by atoms with van der Waals surface area (Å²) in [6, 6.07) is 7.56. The molecule has 0 fully saturated rings. The lowest BCUT2D eigenvalue weighted by atomic mass is 10.1. The molecule has 0 aliphatic carbocycles. The molecule has 0 unspecified atom stereocenters. The van der Waals surface area contributed by atoms with E-state index in [1.54, 1.807) is 27.8 Å². The van der Waals surface area contributed by atoms with E-state index >= 15 is 0 Å². The van der Waals surface area contributed by atoms with Gasteiger partial charge in [-0.2, -0.15) is 0 Å². The minimum absolute atomic E-state index is 0.310. The van der Waals surface area contributed by atoms with Gasteiger partial charge in [0.1, 0.15) is 17.0 Å². The first kappa shape index (κ1) is 18.5. The van der Waals surface area contributed by atoms with Gasteiger partial charge in [-0.3, -0.25) is 9.59 Å². The number of alkyl carbamates (subject to hydrolysis) is 1. The average molecular weight is 345 g/mol. The van der Waals surface area contributed by atoms with Crippen LogP contribution in [-0.2, 0) is 17.8 Å². The molecule has 2 aromatic carbocycles. The zero-order valence-electron chi connectivity index (χ0n) is 14.9. The third-order valence-corrected chi connectivity index (χ3v) is 3.46. The number of nitrogens with one attached hydrogen (secondary N) is 3. The largest absolute Gasteiger partial charge is 0.444 e. The van der Waals surface area contributed by atoms with Crippen LogP contribution in [0.2, 0.25) is 0 Å². The minimum atomic E-state index is -0.540. The monoisotopic (exact) mass is 345 g/mol. The molecule has 0 atom stereocenters. The fourth-order valence-electron chi connectivity index (χ4n) is 2.33. The fraction of sp³-hybridized carbons (Fsp3) is 0.389. The molecule has 1 amide bonds. The van der Waals surface area contributed by atoms with Gasteiger partial charge in [-0.1, -0.05) is 24.3 Å². The molecule has 0 heterocycles. The Morgan fingerprint density at radius 3 is 2.24 bits per heavy atom. The molecule has 0 aliphatic rings. The van der Waals surface area contributed by atoms with E-state index in [1.807, 2.05) is 24.3 Å². The number of amides is 1. The quantitative estimate of drug-likeness (QED) is 0.693. The lowest BCUT2D eigenvalue weighted by Crippen LogP contribution is -2.36. The molecule has 0 spiro atoms. The van der Waals surface area contributed by atoms with Crippen molar-refractivity contribution in [1.82, 2.24) is 5.32 Å². The lowest BCUT2D eigenvalue weighted by molar-refractivity contribution is 0.0523. The van der Waals surface area contributed by atoms with Crippen molar-refractivity contribution in [2.45, 2.75) is 39.5 Å². The lowest BCUT2D eigenvalue weighted by Gasteiger charge is -2.19. The summed E-state index contributed by atoms with van der Waals surface area (Å²) in [5.41, 5.74) is 0.911. The Kier molecular flexibility index (Phi) is 5.46. The molecule has 0 saturated carbocycles. The second-order valence-corrected chi connectivity index (χ2v) is 6.69. The van der Waals surface area contributed by atoms with Crippen molar-refractivity contribution in [1.29, 1.82) is 0 Å². The molecule has 7 heteroatoms. The SMILES string of the molecule is CNc1c(NCc2cccc(CNC(=O)OC(C)(C)C)c2)c(=O)c1=O. The van der Waals surface area contributed by atoms with Gasteiger partial charge in [0.05, 0.1) is 0 Å². The van der Waals surface area contributed by atoms with E-state index in [0.29, 0.717) is 24.5 Å². The zero-order valence-corrected chi connectivity index (χ0v) is 14.9. The van der Waals surface area contributed by atoms with Crippen molar-refractivity contribution in [3.05, 3.63) is 55.8 Å². The zero-order chi connectivity index (χ0) is 18.6. The molecule has 0 radical (unpaired) electrons. The molecule has 0 bridgehead atoms. The van der Waals surface area contributed by atoms with Gasteiger partial charge in [0.15, 0.2) is 0 Å². The Morgan fingerprint density at radius 2 is 1.64 bits per heavy atom. The Bertz CT molecular complexity index is 830.